The average Bonchev–Trinajstić information content (AvgIpc) is 2.69. The van der Waals surface area contributed by atoms with E-state index in [1.807, 2.05) is 51.2 Å². The van der Waals surface area contributed by atoms with E-state index in [-0.39, 0.29) is 16.3 Å². The van der Waals surface area contributed by atoms with Crippen molar-refractivity contribution in [2.24, 2.45) is 0 Å². The fraction of sp³-hybridized carbons (Fsp3) is 0.357. The molecule has 0 aliphatic carbocycles. The molecule has 2 rings (SSSR count). The molecule has 1 aromatic carbocycles. The molecule has 0 saturated carbocycles. The fourth-order valence-corrected chi connectivity index (χ4v) is 2.37. The van der Waals surface area contributed by atoms with Crippen molar-refractivity contribution in [3.8, 4) is 0 Å². The van der Waals surface area contributed by atoms with Gasteiger partial charge in [-0.15, -0.1) is 0 Å². The predicted octanol–water partition coefficient (Wildman–Crippen LogP) is 3.52. The van der Waals surface area contributed by atoms with Gasteiger partial charge < -0.3 is 10.3 Å². The van der Waals surface area contributed by atoms with E-state index >= 15 is 0 Å². The number of carbonyl (C=O) groups is 1. The summed E-state index contributed by atoms with van der Waals surface area (Å²) in [4.78, 5) is 15.0. The molecule has 1 aromatic heterocycles. The number of carbonyl (C=O) groups excluding carboxylic acids is 1. The topological polar surface area (TPSA) is 44.9 Å². The van der Waals surface area contributed by atoms with Crippen LogP contribution in [0.1, 0.15) is 31.2 Å². The van der Waals surface area contributed by atoms with Crippen molar-refractivity contribution in [1.29, 1.82) is 0 Å². The van der Waals surface area contributed by atoms with Crippen molar-refractivity contribution in [2.75, 3.05) is 0 Å². The molecule has 0 spiro atoms. The monoisotopic (exact) mass is 308 g/mol. The van der Waals surface area contributed by atoms with Gasteiger partial charge in [0.05, 0.1) is 0 Å². The Labute approximate surface area is 115 Å². The van der Waals surface area contributed by atoms with Crippen molar-refractivity contribution < 1.29 is 4.79 Å². The second-order valence-electron chi connectivity index (χ2n) is 5.39. The number of fused-ring (bicyclic) bond motifs is 1. The SMILES string of the molecule is CC(C)(C)NC(=O)C(Br)c1c[nH]c2ccccc12. The van der Waals surface area contributed by atoms with Crippen LogP contribution in [0, 0.1) is 0 Å². The van der Waals surface area contributed by atoms with Crippen molar-refractivity contribution in [3.05, 3.63) is 36.0 Å². The maximum atomic E-state index is 12.1. The lowest BCUT2D eigenvalue weighted by Gasteiger charge is -2.22. The van der Waals surface area contributed by atoms with E-state index in [4.69, 9.17) is 0 Å². The number of H-pyrrole nitrogens is 1. The number of alkyl halides is 1. The molecule has 0 radical (unpaired) electrons. The van der Waals surface area contributed by atoms with Crippen LogP contribution in [0.5, 0.6) is 0 Å². The maximum Gasteiger partial charge on any atom is 0.238 e. The Morgan fingerprint density at radius 2 is 2.00 bits per heavy atom. The van der Waals surface area contributed by atoms with Crippen LogP contribution in [0.25, 0.3) is 10.9 Å². The van der Waals surface area contributed by atoms with Gasteiger partial charge in [0.1, 0.15) is 4.83 Å². The number of amides is 1. The summed E-state index contributed by atoms with van der Waals surface area (Å²) in [6.45, 7) is 5.92. The minimum Gasteiger partial charge on any atom is -0.361 e. The lowest BCUT2D eigenvalue weighted by molar-refractivity contribution is -0.121. The number of halogens is 1. The second-order valence-corrected chi connectivity index (χ2v) is 6.31. The van der Waals surface area contributed by atoms with E-state index in [1.54, 1.807) is 0 Å². The predicted molar refractivity (Wildman–Crippen MR) is 77.9 cm³/mol. The molecular formula is C14H17BrN2O. The summed E-state index contributed by atoms with van der Waals surface area (Å²) in [5, 5.41) is 4.04. The summed E-state index contributed by atoms with van der Waals surface area (Å²) in [6, 6.07) is 7.96. The molecule has 1 unspecified atom stereocenters. The zero-order valence-corrected chi connectivity index (χ0v) is 12.3. The molecule has 0 aliphatic heterocycles. The molecule has 0 bridgehead atoms. The van der Waals surface area contributed by atoms with Crippen LogP contribution < -0.4 is 5.32 Å². The minimum absolute atomic E-state index is 0.0211. The Bertz CT molecular complexity index is 568. The molecule has 0 fully saturated rings. The van der Waals surface area contributed by atoms with Gasteiger partial charge in [0.2, 0.25) is 5.91 Å². The first kappa shape index (κ1) is 13.1. The van der Waals surface area contributed by atoms with Crippen LogP contribution in [0.15, 0.2) is 30.5 Å². The third kappa shape index (κ3) is 2.75. The van der Waals surface area contributed by atoms with Crippen LogP contribution in [0.3, 0.4) is 0 Å². The highest BCUT2D eigenvalue weighted by Gasteiger charge is 2.23. The zero-order chi connectivity index (χ0) is 13.3. The molecule has 1 amide bonds. The molecule has 2 aromatic rings. The first-order valence-electron chi connectivity index (χ1n) is 5.90. The lowest BCUT2D eigenvalue weighted by Crippen LogP contribution is -2.42. The number of benzene rings is 1. The number of rotatable bonds is 2. The molecule has 0 saturated heterocycles. The molecule has 4 heteroatoms. The molecule has 18 heavy (non-hydrogen) atoms. The van der Waals surface area contributed by atoms with Crippen molar-refractivity contribution in [1.82, 2.24) is 10.3 Å². The molecule has 0 aliphatic rings. The minimum atomic E-state index is -0.340. The average molecular weight is 309 g/mol. The van der Waals surface area contributed by atoms with E-state index < -0.39 is 0 Å². The van der Waals surface area contributed by atoms with Crippen LogP contribution in [-0.2, 0) is 4.79 Å². The first-order chi connectivity index (χ1) is 8.38. The van der Waals surface area contributed by atoms with Crippen LogP contribution in [-0.4, -0.2) is 16.4 Å². The Kier molecular flexibility index (Phi) is 3.48. The standard InChI is InChI=1S/C14H17BrN2O/c1-14(2,3)17-13(18)12(15)10-8-16-11-7-5-4-6-9(10)11/h4-8,12,16H,1-3H3,(H,17,18). The van der Waals surface area contributed by atoms with E-state index in [0.717, 1.165) is 16.5 Å². The van der Waals surface area contributed by atoms with Gasteiger partial charge in [0.25, 0.3) is 0 Å². The molecular weight excluding hydrogens is 292 g/mol. The molecule has 96 valence electrons. The number of aromatic nitrogens is 1. The highest BCUT2D eigenvalue weighted by Crippen LogP contribution is 2.30. The third-order valence-electron chi connectivity index (χ3n) is 2.62. The summed E-state index contributed by atoms with van der Waals surface area (Å²) in [6.07, 6.45) is 1.88. The van der Waals surface area contributed by atoms with Gasteiger partial charge in [-0.3, -0.25) is 4.79 Å². The summed E-state index contributed by atoms with van der Waals surface area (Å²) in [5.41, 5.74) is 1.78. The van der Waals surface area contributed by atoms with Gasteiger partial charge >= 0.3 is 0 Å². The normalized spacial score (nSPS) is 13.6. The number of hydrogen-bond donors (Lipinski definition) is 2. The lowest BCUT2D eigenvalue weighted by atomic mass is 10.1. The van der Waals surface area contributed by atoms with E-state index in [2.05, 4.69) is 26.2 Å². The van der Waals surface area contributed by atoms with E-state index in [1.165, 1.54) is 0 Å². The van der Waals surface area contributed by atoms with Gasteiger partial charge in [-0.2, -0.15) is 0 Å². The molecule has 3 nitrogen and oxygen atoms in total. The smallest absolute Gasteiger partial charge is 0.238 e. The number of hydrogen-bond acceptors (Lipinski definition) is 1. The second kappa shape index (κ2) is 4.76. The van der Waals surface area contributed by atoms with Gasteiger partial charge in [0.15, 0.2) is 0 Å². The highest BCUT2D eigenvalue weighted by molar-refractivity contribution is 9.09. The van der Waals surface area contributed by atoms with Crippen LogP contribution in [0.2, 0.25) is 0 Å². The largest absolute Gasteiger partial charge is 0.361 e. The summed E-state index contributed by atoms with van der Waals surface area (Å²) >= 11 is 3.47. The Balaban J connectivity index is 2.28. The van der Waals surface area contributed by atoms with Gasteiger partial charge in [-0.1, -0.05) is 34.1 Å². The van der Waals surface area contributed by atoms with Crippen LogP contribution >= 0.6 is 15.9 Å². The number of para-hydroxylation sites is 1. The summed E-state index contributed by atoms with van der Waals surface area (Å²) in [7, 11) is 0. The maximum absolute atomic E-state index is 12.1. The third-order valence-corrected chi connectivity index (χ3v) is 3.53. The highest BCUT2D eigenvalue weighted by atomic mass is 79.9. The van der Waals surface area contributed by atoms with Gasteiger partial charge in [-0.25, -0.2) is 0 Å². The summed E-state index contributed by atoms with van der Waals surface area (Å²) in [5.74, 6) is -0.0211. The first-order valence-corrected chi connectivity index (χ1v) is 6.82. The van der Waals surface area contributed by atoms with Crippen molar-refractivity contribution >= 4 is 32.7 Å². The zero-order valence-electron chi connectivity index (χ0n) is 10.8. The molecule has 2 N–H and O–H groups in total. The van der Waals surface area contributed by atoms with Crippen molar-refractivity contribution in [2.45, 2.75) is 31.1 Å². The molecule has 1 atom stereocenters. The Morgan fingerprint density at radius 1 is 1.33 bits per heavy atom. The van der Waals surface area contributed by atoms with Gasteiger partial charge in [0, 0.05) is 28.2 Å². The van der Waals surface area contributed by atoms with Crippen LogP contribution in [0.4, 0.5) is 0 Å². The Hall–Kier alpha value is -1.29. The number of nitrogens with one attached hydrogen (secondary N) is 2. The molecule has 1 heterocycles. The fourth-order valence-electron chi connectivity index (χ4n) is 1.88. The Morgan fingerprint density at radius 3 is 2.67 bits per heavy atom. The van der Waals surface area contributed by atoms with E-state index in [0.29, 0.717) is 0 Å². The van der Waals surface area contributed by atoms with Crippen molar-refractivity contribution in [3.63, 3.8) is 0 Å². The number of aromatic amines is 1. The summed E-state index contributed by atoms with van der Waals surface area (Å²) < 4.78 is 0. The van der Waals surface area contributed by atoms with E-state index in [9.17, 15) is 4.79 Å². The van der Waals surface area contributed by atoms with Gasteiger partial charge in [-0.05, 0) is 26.8 Å². The quantitative estimate of drug-likeness (QED) is 0.819.